The van der Waals surface area contributed by atoms with E-state index in [9.17, 15) is 19.2 Å². The van der Waals surface area contributed by atoms with Gasteiger partial charge in [0.05, 0.1) is 36.1 Å². The third-order valence-electron chi connectivity index (χ3n) is 6.08. The second kappa shape index (κ2) is 12.7. The van der Waals surface area contributed by atoms with Crippen LogP contribution in [0.4, 0.5) is 0 Å². The van der Waals surface area contributed by atoms with E-state index < -0.39 is 29.5 Å². The molecule has 1 aliphatic rings. The molecule has 11 nitrogen and oxygen atoms in total. The Bertz CT molecular complexity index is 1800. The van der Waals surface area contributed by atoms with Gasteiger partial charge in [0.2, 0.25) is 0 Å². The quantitative estimate of drug-likeness (QED) is 0.209. The predicted octanol–water partition coefficient (Wildman–Crippen LogP) is 2.83. The van der Waals surface area contributed by atoms with Crippen molar-refractivity contribution in [1.82, 2.24) is 4.57 Å². The normalized spacial score (nSPS) is 14.4. The van der Waals surface area contributed by atoms with Gasteiger partial charge >= 0.3 is 17.9 Å². The number of carbonyl (C=O) groups excluding carboxylic acids is 3. The Hall–Kier alpha value is -4.97. The molecule has 1 atom stereocenters. The lowest BCUT2D eigenvalue weighted by atomic mass is 9.95. The van der Waals surface area contributed by atoms with Crippen molar-refractivity contribution < 1.29 is 38.1 Å². The maximum absolute atomic E-state index is 14.0. The van der Waals surface area contributed by atoms with Crippen molar-refractivity contribution in [2.24, 2.45) is 4.99 Å². The van der Waals surface area contributed by atoms with Crippen molar-refractivity contribution in [3.8, 4) is 23.0 Å². The second-order valence-electron chi connectivity index (χ2n) is 8.97. The molecule has 0 bridgehead atoms. The summed E-state index contributed by atoms with van der Waals surface area (Å²) in [6.07, 6.45) is 2.99. The monoisotopic (exact) mass is 592 g/mol. The van der Waals surface area contributed by atoms with Gasteiger partial charge in [-0.3, -0.25) is 19.0 Å². The van der Waals surface area contributed by atoms with Crippen molar-refractivity contribution in [3.05, 3.63) is 91.1 Å². The van der Waals surface area contributed by atoms with E-state index in [2.05, 4.69) is 11.6 Å². The summed E-state index contributed by atoms with van der Waals surface area (Å²) in [5.74, 6) is -0.651. The van der Waals surface area contributed by atoms with Crippen LogP contribution < -0.4 is 33.8 Å². The first kappa shape index (κ1) is 30.0. The molecule has 0 amide bonds. The molecule has 42 heavy (non-hydrogen) atoms. The molecule has 0 N–H and O–H groups in total. The number of rotatable bonds is 9. The van der Waals surface area contributed by atoms with Crippen LogP contribution in [0, 0.1) is 0 Å². The zero-order chi connectivity index (χ0) is 30.6. The summed E-state index contributed by atoms with van der Waals surface area (Å²) in [5, 5.41) is 0. The van der Waals surface area contributed by atoms with Crippen LogP contribution in [0.25, 0.3) is 6.08 Å². The number of fused-ring (bicyclic) bond motifs is 1. The van der Waals surface area contributed by atoms with Gasteiger partial charge in [-0.05, 0) is 42.8 Å². The van der Waals surface area contributed by atoms with Crippen LogP contribution in [0.3, 0.4) is 0 Å². The average Bonchev–Trinajstić information content (AvgIpc) is 3.25. The van der Waals surface area contributed by atoms with Gasteiger partial charge in [-0.15, -0.1) is 0 Å². The Kier molecular flexibility index (Phi) is 9.06. The van der Waals surface area contributed by atoms with Crippen LogP contribution >= 0.6 is 11.3 Å². The van der Waals surface area contributed by atoms with Crippen LogP contribution in [0.2, 0.25) is 0 Å². The summed E-state index contributed by atoms with van der Waals surface area (Å²) in [4.78, 5) is 55.3. The van der Waals surface area contributed by atoms with Crippen molar-refractivity contribution in [1.29, 1.82) is 0 Å². The highest BCUT2D eigenvalue weighted by atomic mass is 32.1. The minimum atomic E-state index is -0.903. The molecule has 0 spiro atoms. The van der Waals surface area contributed by atoms with Crippen LogP contribution in [-0.2, 0) is 19.1 Å². The maximum atomic E-state index is 14.0. The van der Waals surface area contributed by atoms with Crippen molar-refractivity contribution in [2.75, 3.05) is 20.8 Å². The van der Waals surface area contributed by atoms with Gasteiger partial charge < -0.3 is 23.7 Å². The minimum absolute atomic E-state index is 0.0268. The summed E-state index contributed by atoms with van der Waals surface area (Å²) in [6, 6.07) is 8.66. The van der Waals surface area contributed by atoms with Crippen molar-refractivity contribution in [2.45, 2.75) is 26.8 Å². The van der Waals surface area contributed by atoms with E-state index in [-0.39, 0.29) is 28.2 Å². The number of benzene rings is 2. The number of hydrogen-bond acceptors (Lipinski definition) is 11. The standard InChI is InChI=1S/C30H28N2O9S/c1-7-12-39-29(36)26-16(2)31-30-32(27(26)20-9-11-22(37-5)24(13-20)38-6)28(35)25(42-30)14-19-8-10-21(40-17(3)33)15-23(19)41-18(4)34/h7-11,13-15,27H,1,12H2,2-6H3. The zero-order valence-corrected chi connectivity index (χ0v) is 24.4. The van der Waals surface area contributed by atoms with Gasteiger partial charge in [-0.2, -0.15) is 0 Å². The van der Waals surface area contributed by atoms with Crippen LogP contribution in [0.1, 0.15) is 37.9 Å². The van der Waals surface area contributed by atoms with Gasteiger partial charge in [-0.1, -0.05) is 30.1 Å². The fraction of sp³-hybridized carbons (Fsp3) is 0.233. The maximum Gasteiger partial charge on any atom is 0.338 e. The predicted molar refractivity (Wildman–Crippen MR) is 154 cm³/mol. The Labute approximate surface area is 244 Å². The van der Waals surface area contributed by atoms with Gasteiger partial charge in [-0.25, -0.2) is 9.79 Å². The van der Waals surface area contributed by atoms with Crippen LogP contribution in [0.5, 0.6) is 23.0 Å². The topological polar surface area (TPSA) is 132 Å². The summed E-state index contributed by atoms with van der Waals surface area (Å²) >= 11 is 1.09. The molecule has 2 heterocycles. The molecule has 0 fully saturated rings. The Morgan fingerprint density at radius 2 is 1.71 bits per heavy atom. The number of thiazole rings is 1. The number of allylic oxidation sites excluding steroid dienone is 1. The first-order valence-electron chi connectivity index (χ1n) is 12.6. The number of ether oxygens (including phenoxy) is 5. The van der Waals surface area contributed by atoms with Crippen LogP contribution in [-0.4, -0.2) is 43.3 Å². The lowest BCUT2D eigenvalue weighted by Gasteiger charge is -2.25. The first-order chi connectivity index (χ1) is 20.1. The van der Waals surface area contributed by atoms with Gasteiger partial charge in [0.1, 0.15) is 18.1 Å². The Morgan fingerprint density at radius 3 is 2.36 bits per heavy atom. The SMILES string of the molecule is C=CCOC(=O)C1=C(C)N=c2sc(=Cc3ccc(OC(C)=O)cc3OC(C)=O)c(=O)n2C1c1ccc(OC)c(OC)c1. The summed E-state index contributed by atoms with van der Waals surface area (Å²) in [7, 11) is 2.99. The Morgan fingerprint density at radius 1 is 1.00 bits per heavy atom. The lowest BCUT2D eigenvalue weighted by molar-refractivity contribution is -0.138. The largest absolute Gasteiger partial charge is 0.493 e. The van der Waals surface area contributed by atoms with E-state index in [1.54, 1.807) is 37.3 Å². The molecule has 0 radical (unpaired) electrons. The number of hydrogen-bond donors (Lipinski definition) is 0. The molecular weight excluding hydrogens is 564 g/mol. The second-order valence-corrected chi connectivity index (χ2v) is 9.98. The smallest absolute Gasteiger partial charge is 0.338 e. The third-order valence-corrected chi connectivity index (χ3v) is 7.07. The molecule has 218 valence electrons. The average molecular weight is 593 g/mol. The Balaban J connectivity index is 1.94. The molecule has 0 aliphatic carbocycles. The number of carbonyl (C=O) groups is 3. The molecule has 1 unspecified atom stereocenters. The highest BCUT2D eigenvalue weighted by molar-refractivity contribution is 7.07. The molecule has 1 aliphatic heterocycles. The minimum Gasteiger partial charge on any atom is -0.493 e. The van der Waals surface area contributed by atoms with E-state index in [0.29, 0.717) is 33.1 Å². The van der Waals surface area contributed by atoms with E-state index >= 15 is 0 Å². The molecule has 3 aromatic rings. The molecular formula is C30H28N2O9S. The van der Waals surface area contributed by atoms with E-state index in [1.807, 2.05) is 0 Å². The molecule has 12 heteroatoms. The summed E-state index contributed by atoms with van der Waals surface area (Å²) in [5.41, 5.74) is 1.05. The molecule has 4 rings (SSSR count). The van der Waals surface area contributed by atoms with Gasteiger partial charge in [0, 0.05) is 25.5 Å². The fourth-order valence-corrected chi connectivity index (χ4v) is 5.42. The number of esters is 3. The number of nitrogens with zero attached hydrogens (tertiary/aromatic N) is 2. The van der Waals surface area contributed by atoms with Crippen LogP contribution in [0.15, 0.2) is 70.1 Å². The molecule has 0 saturated carbocycles. The third kappa shape index (κ3) is 6.18. The highest BCUT2D eigenvalue weighted by Crippen LogP contribution is 2.36. The highest BCUT2D eigenvalue weighted by Gasteiger charge is 2.34. The molecule has 0 saturated heterocycles. The van der Waals surface area contributed by atoms with Gasteiger partial charge in [0.15, 0.2) is 16.3 Å². The first-order valence-corrected chi connectivity index (χ1v) is 13.4. The van der Waals surface area contributed by atoms with E-state index in [0.717, 1.165) is 11.3 Å². The van der Waals surface area contributed by atoms with E-state index in [4.69, 9.17) is 23.7 Å². The fourth-order valence-electron chi connectivity index (χ4n) is 4.38. The van der Waals surface area contributed by atoms with Gasteiger partial charge in [0.25, 0.3) is 5.56 Å². The number of methoxy groups -OCH3 is 2. The zero-order valence-electron chi connectivity index (χ0n) is 23.6. The summed E-state index contributed by atoms with van der Waals surface area (Å²) < 4.78 is 28.3. The van der Waals surface area contributed by atoms with E-state index in [1.165, 1.54) is 50.8 Å². The summed E-state index contributed by atoms with van der Waals surface area (Å²) in [6.45, 7) is 7.71. The van der Waals surface area contributed by atoms with Crippen molar-refractivity contribution in [3.63, 3.8) is 0 Å². The lowest BCUT2D eigenvalue weighted by Crippen LogP contribution is -2.40. The molecule has 1 aromatic heterocycles. The molecule has 2 aromatic carbocycles. The van der Waals surface area contributed by atoms with Crippen molar-refractivity contribution >= 4 is 35.3 Å². The number of aromatic nitrogens is 1.